The zero-order valence-electron chi connectivity index (χ0n) is 16.9. The number of hydrogen-bond acceptors (Lipinski definition) is 5. The van der Waals surface area contributed by atoms with E-state index in [0.29, 0.717) is 12.2 Å². The molecule has 1 aliphatic rings. The molecule has 0 saturated carbocycles. The number of ether oxygens (including phenoxy) is 1. The number of carbonyl (C=O) groups is 1. The molecule has 0 fully saturated rings. The average Bonchev–Trinajstić information content (AvgIpc) is 2.71. The summed E-state index contributed by atoms with van der Waals surface area (Å²) in [6, 6.07) is 9.11. The van der Waals surface area contributed by atoms with Crippen LogP contribution in [-0.4, -0.2) is 47.4 Å². The van der Waals surface area contributed by atoms with Crippen LogP contribution in [0.3, 0.4) is 0 Å². The molecule has 0 bridgehead atoms. The van der Waals surface area contributed by atoms with Crippen molar-refractivity contribution in [1.82, 2.24) is 10.3 Å². The second-order valence-corrected chi connectivity index (χ2v) is 9.38. The van der Waals surface area contributed by atoms with Crippen molar-refractivity contribution in [2.24, 2.45) is 5.92 Å². The molecule has 8 heteroatoms. The van der Waals surface area contributed by atoms with E-state index in [4.69, 9.17) is 10.4 Å². The van der Waals surface area contributed by atoms with E-state index in [1.165, 1.54) is 0 Å². The molecule has 1 amide bonds. The standard InChI is InChI=1S/C21H26BIN3O3/c1-13(2)19-21(28)25-16(12-27)9-14-6-7-17(10-18(14)26(19)3)29-20(23-22)15-5-4-8-24-11-15/h4-8,10-11,13,16,19-20,27H,9,12H2,1-3H3,(H,25,28)/q-1/t16-,19-,20?/m0/s1. The Morgan fingerprint density at radius 1 is 1.41 bits per heavy atom. The van der Waals surface area contributed by atoms with Crippen LogP contribution in [0.25, 0.3) is 0 Å². The fourth-order valence-electron chi connectivity index (χ4n) is 3.70. The van der Waals surface area contributed by atoms with Gasteiger partial charge in [0.2, 0.25) is 0 Å². The van der Waals surface area contributed by atoms with Crippen molar-refractivity contribution in [3.63, 3.8) is 0 Å². The monoisotopic (exact) mass is 506 g/mol. The summed E-state index contributed by atoms with van der Waals surface area (Å²) in [5.41, 5.74) is 9.01. The molecular weight excluding hydrogens is 480 g/mol. The number of fused-ring (bicyclic) bond motifs is 1. The summed E-state index contributed by atoms with van der Waals surface area (Å²) in [5, 5.41) is 12.7. The SMILES string of the molecule is [B][I-]C(Oc1ccc2c(c1)N(C)[C@@H](C(C)C)C(=O)N[C@H](CO)C2)c1cccnc1. The van der Waals surface area contributed by atoms with Gasteiger partial charge in [0, 0.05) is 0 Å². The molecule has 1 aromatic heterocycles. The number of aliphatic hydroxyl groups excluding tert-OH is 1. The van der Waals surface area contributed by atoms with E-state index in [2.05, 4.69) is 10.3 Å². The Balaban J connectivity index is 1.95. The van der Waals surface area contributed by atoms with Crippen LogP contribution in [0, 0.1) is 5.92 Å². The fourth-order valence-corrected chi connectivity index (χ4v) is 4.93. The van der Waals surface area contributed by atoms with Gasteiger partial charge in [-0.05, 0) is 0 Å². The van der Waals surface area contributed by atoms with Crippen LogP contribution >= 0.6 is 0 Å². The Kier molecular flexibility index (Phi) is 7.40. The average molecular weight is 506 g/mol. The van der Waals surface area contributed by atoms with Gasteiger partial charge >= 0.3 is 184 Å². The predicted molar refractivity (Wildman–Crippen MR) is 110 cm³/mol. The van der Waals surface area contributed by atoms with Gasteiger partial charge in [0.25, 0.3) is 0 Å². The number of amides is 1. The van der Waals surface area contributed by atoms with Crippen molar-refractivity contribution in [3.05, 3.63) is 53.9 Å². The number of carbonyl (C=O) groups excluding carboxylic acids is 1. The molecule has 0 spiro atoms. The number of likely N-dealkylation sites (N-methyl/N-ethyl adjacent to an activating group) is 1. The van der Waals surface area contributed by atoms with Crippen LogP contribution in [0.1, 0.15) is 29.1 Å². The maximum atomic E-state index is 12.8. The van der Waals surface area contributed by atoms with Gasteiger partial charge in [0.1, 0.15) is 0 Å². The van der Waals surface area contributed by atoms with E-state index in [9.17, 15) is 9.90 Å². The first-order chi connectivity index (χ1) is 13.9. The van der Waals surface area contributed by atoms with Crippen molar-refractivity contribution < 1.29 is 35.6 Å². The van der Waals surface area contributed by atoms with Crippen molar-refractivity contribution in [3.8, 4) is 5.75 Å². The van der Waals surface area contributed by atoms with Gasteiger partial charge in [-0.1, -0.05) is 0 Å². The maximum absolute atomic E-state index is 12.8. The van der Waals surface area contributed by atoms with Crippen molar-refractivity contribution in [1.29, 1.82) is 0 Å². The number of nitrogens with zero attached hydrogens (tertiary/aromatic N) is 2. The summed E-state index contributed by atoms with van der Waals surface area (Å²) < 4.78 is 6.02. The van der Waals surface area contributed by atoms with E-state index in [-0.39, 0.29) is 34.6 Å². The fraction of sp³-hybridized carbons (Fsp3) is 0.429. The van der Waals surface area contributed by atoms with E-state index in [1.807, 2.05) is 56.1 Å². The van der Waals surface area contributed by atoms with E-state index < -0.39 is 21.0 Å². The number of pyridine rings is 1. The first-order valence-electron chi connectivity index (χ1n) is 9.60. The predicted octanol–water partition coefficient (Wildman–Crippen LogP) is -1.17. The number of rotatable bonds is 6. The molecule has 2 radical (unpaired) electrons. The Labute approximate surface area is 183 Å². The minimum absolute atomic E-state index is 0.0698. The van der Waals surface area contributed by atoms with Crippen LogP contribution in [-0.2, 0) is 11.2 Å². The molecule has 2 aromatic rings. The quantitative estimate of drug-likeness (QED) is 0.294. The number of alkyl halides is 1. The second kappa shape index (κ2) is 9.80. The van der Waals surface area contributed by atoms with Gasteiger partial charge in [-0.15, -0.1) is 0 Å². The molecule has 29 heavy (non-hydrogen) atoms. The third-order valence-corrected chi connectivity index (χ3v) is 6.71. The molecule has 0 saturated heterocycles. The van der Waals surface area contributed by atoms with E-state index in [1.54, 1.807) is 12.4 Å². The number of anilines is 1. The van der Waals surface area contributed by atoms with Crippen LogP contribution in [0.2, 0.25) is 0 Å². The van der Waals surface area contributed by atoms with Gasteiger partial charge < -0.3 is 0 Å². The van der Waals surface area contributed by atoms with E-state index >= 15 is 0 Å². The minimum atomic E-state index is -0.706. The molecule has 3 atom stereocenters. The molecule has 0 aliphatic carbocycles. The van der Waals surface area contributed by atoms with Gasteiger partial charge in [-0.25, -0.2) is 0 Å². The van der Waals surface area contributed by atoms with Gasteiger partial charge in [-0.3, -0.25) is 0 Å². The normalized spacial score (nSPS) is 20.6. The topological polar surface area (TPSA) is 74.7 Å². The zero-order chi connectivity index (χ0) is 21.0. The van der Waals surface area contributed by atoms with Crippen LogP contribution in [0.15, 0.2) is 42.7 Å². The van der Waals surface area contributed by atoms with E-state index in [0.717, 1.165) is 16.8 Å². The number of hydrogen-bond donors (Lipinski definition) is 2. The molecule has 1 unspecified atom stereocenters. The number of nitrogens with one attached hydrogen (secondary N) is 1. The Morgan fingerprint density at radius 3 is 2.83 bits per heavy atom. The Bertz CT molecular complexity index is 837. The number of aromatic nitrogens is 1. The summed E-state index contributed by atoms with van der Waals surface area (Å²) in [5.74, 6) is 0.742. The Morgan fingerprint density at radius 2 is 2.21 bits per heavy atom. The van der Waals surface area contributed by atoms with Crippen molar-refractivity contribution >= 4 is 17.3 Å². The summed E-state index contributed by atoms with van der Waals surface area (Å²) in [6.07, 6.45) is 4.06. The van der Waals surface area contributed by atoms with Crippen LogP contribution in [0.5, 0.6) is 5.75 Å². The molecule has 154 valence electrons. The van der Waals surface area contributed by atoms with Crippen LogP contribution < -0.4 is 35.9 Å². The number of aliphatic hydroxyl groups is 1. The summed E-state index contributed by atoms with van der Waals surface area (Å²) in [6.45, 7) is 3.94. The molecule has 1 aromatic carbocycles. The van der Waals surface area contributed by atoms with Gasteiger partial charge in [0.05, 0.1) is 0 Å². The second-order valence-electron chi connectivity index (χ2n) is 7.53. The van der Waals surface area contributed by atoms with Gasteiger partial charge in [-0.2, -0.15) is 0 Å². The molecule has 1 aliphatic heterocycles. The zero-order valence-corrected chi connectivity index (χ0v) is 19.0. The number of halogens is 1. The van der Waals surface area contributed by atoms with Crippen LogP contribution in [0.4, 0.5) is 5.69 Å². The number of benzene rings is 1. The first kappa shape index (κ1) is 21.9. The Hall–Kier alpha value is -1.81. The molecule has 2 N–H and O–H groups in total. The molecule has 2 heterocycles. The summed E-state index contributed by atoms with van der Waals surface area (Å²) in [4.78, 5) is 18.9. The summed E-state index contributed by atoms with van der Waals surface area (Å²) in [7, 11) is 1.93. The summed E-state index contributed by atoms with van der Waals surface area (Å²) >= 11 is -0.706. The molecule has 3 rings (SSSR count). The first-order valence-corrected chi connectivity index (χ1v) is 12.1. The molecular formula is C21H26BIN3O3-. The van der Waals surface area contributed by atoms with Gasteiger partial charge in [0.15, 0.2) is 0 Å². The van der Waals surface area contributed by atoms with Crippen molar-refractivity contribution in [2.45, 2.75) is 36.5 Å². The van der Waals surface area contributed by atoms with Crippen molar-refractivity contribution in [2.75, 3.05) is 18.6 Å². The third-order valence-electron chi connectivity index (χ3n) is 5.09. The third kappa shape index (κ3) is 5.03. The molecule has 6 nitrogen and oxygen atoms in total.